The average Bonchev–Trinajstić information content (AvgIpc) is 3.41. The highest BCUT2D eigenvalue weighted by Gasteiger charge is 2.18. The Balaban J connectivity index is 3.43. The quantitative estimate of drug-likeness (QED) is 0.0320. The third-order valence-electron chi connectivity index (χ3n) is 15.0. The lowest BCUT2D eigenvalue weighted by Crippen LogP contribution is -2.45. The molecular weight excluding hydrogens is 923 g/mol. The number of ether oxygens (including phenoxy) is 1. The van der Waals surface area contributed by atoms with Crippen molar-refractivity contribution in [3.63, 3.8) is 0 Å². The van der Waals surface area contributed by atoms with Crippen LogP contribution in [0.3, 0.4) is 0 Å². The third kappa shape index (κ3) is 60.6. The van der Waals surface area contributed by atoms with Crippen LogP contribution in [0.15, 0.2) is 60.8 Å². The fourth-order valence-corrected chi connectivity index (χ4v) is 9.93. The van der Waals surface area contributed by atoms with E-state index in [1.54, 1.807) is 6.08 Å². The molecule has 0 saturated heterocycles. The summed E-state index contributed by atoms with van der Waals surface area (Å²) in [4.78, 5) is 24.5. The van der Waals surface area contributed by atoms with E-state index in [0.29, 0.717) is 19.4 Å². The number of amides is 1. The van der Waals surface area contributed by atoms with Gasteiger partial charge in [-0.1, -0.05) is 293 Å². The van der Waals surface area contributed by atoms with Gasteiger partial charge in [-0.25, -0.2) is 0 Å². The van der Waals surface area contributed by atoms with Crippen molar-refractivity contribution in [3.8, 4) is 0 Å². The summed E-state index contributed by atoms with van der Waals surface area (Å²) in [6.45, 7) is 4.87. The highest BCUT2D eigenvalue weighted by molar-refractivity contribution is 5.76. The molecule has 0 spiro atoms. The molecule has 6 heteroatoms. The summed E-state index contributed by atoms with van der Waals surface area (Å²) >= 11 is 0. The molecular formula is C69H127NO5. The van der Waals surface area contributed by atoms with E-state index in [1.165, 1.54) is 257 Å². The van der Waals surface area contributed by atoms with Gasteiger partial charge in [0.2, 0.25) is 5.91 Å². The minimum absolute atomic E-state index is 0.00280. The summed E-state index contributed by atoms with van der Waals surface area (Å²) in [7, 11) is 0. The van der Waals surface area contributed by atoms with E-state index in [2.05, 4.69) is 67.8 Å². The molecule has 0 heterocycles. The van der Waals surface area contributed by atoms with Crippen molar-refractivity contribution in [2.45, 2.75) is 353 Å². The number of carbonyl (C=O) groups is 2. The minimum atomic E-state index is -0.846. The van der Waals surface area contributed by atoms with Crippen LogP contribution in [0.5, 0.6) is 0 Å². The van der Waals surface area contributed by atoms with Crippen LogP contribution in [0.25, 0.3) is 0 Å². The number of rotatable bonds is 61. The van der Waals surface area contributed by atoms with Gasteiger partial charge in [0, 0.05) is 12.8 Å². The third-order valence-corrected chi connectivity index (χ3v) is 15.0. The van der Waals surface area contributed by atoms with Crippen molar-refractivity contribution in [3.05, 3.63) is 60.8 Å². The molecule has 0 fully saturated rings. The molecule has 0 aliphatic rings. The zero-order valence-corrected chi connectivity index (χ0v) is 50.0. The first-order valence-electron chi connectivity index (χ1n) is 33.1. The Bertz CT molecular complexity index is 1300. The second kappa shape index (κ2) is 64.1. The van der Waals surface area contributed by atoms with Gasteiger partial charge in [0.25, 0.3) is 0 Å². The van der Waals surface area contributed by atoms with Crippen molar-refractivity contribution in [1.82, 2.24) is 5.32 Å². The van der Waals surface area contributed by atoms with Gasteiger partial charge in [0.15, 0.2) is 0 Å². The Morgan fingerprint density at radius 3 is 1.04 bits per heavy atom. The fraction of sp³-hybridized carbons (Fsp3) is 0.826. The van der Waals surface area contributed by atoms with Gasteiger partial charge in [0.05, 0.1) is 25.4 Å². The Morgan fingerprint density at radius 1 is 0.373 bits per heavy atom. The van der Waals surface area contributed by atoms with Crippen LogP contribution in [0.2, 0.25) is 0 Å². The standard InChI is InChI=1S/C69H127NO5/c1-3-5-7-9-11-13-15-17-34-39-43-47-51-55-59-63-69(74)75-64-60-56-52-48-44-40-36-33-31-29-27-25-23-21-19-20-22-24-26-28-30-32-35-38-42-46-50-54-58-62-68(73)70-66(65-71)67(72)61-57-53-49-45-41-37-18-16-14-12-10-8-6-4-2/h11,13,17,19,21,25,27,34,57,61,66-67,71-72H,3-10,12,14-16,18,20,22-24,26,28-33,35-56,58-60,62-65H2,1-2H3,(H,70,73)/b13-11-,21-19-,27-25-,34-17-,61-57+. The molecule has 6 nitrogen and oxygen atoms in total. The number of carbonyl (C=O) groups excluding carboxylic acids is 2. The predicted octanol–water partition coefficient (Wildman–Crippen LogP) is 21.1. The molecule has 438 valence electrons. The maximum absolute atomic E-state index is 12.5. The number of unbranched alkanes of at least 4 members (excludes halogenated alkanes) is 42. The number of aliphatic hydroxyl groups excluding tert-OH is 2. The normalized spacial score (nSPS) is 13.0. The van der Waals surface area contributed by atoms with E-state index in [4.69, 9.17) is 4.74 Å². The van der Waals surface area contributed by atoms with Gasteiger partial charge in [-0.3, -0.25) is 9.59 Å². The molecule has 0 rings (SSSR count). The maximum atomic E-state index is 12.5. The van der Waals surface area contributed by atoms with E-state index in [-0.39, 0.29) is 18.5 Å². The summed E-state index contributed by atoms with van der Waals surface area (Å²) in [5, 5.41) is 23.1. The number of hydrogen-bond acceptors (Lipinski definition) is 5. The maximum Gasteiger partial charge on any atom is 0.305 e. The van der Waals surface area contributed by atoms with Crippen molar-refractivity contribution in [1.29, 1.82) is 0 Å². The van der Waals surface area contributed by atoms with E-state index in [9.17, 15) is 19.8 Å². The SMILES string of the molecule is CCCCC/C=C\C/C=C\CCCCCCCC(=O)OCCCCCCCCCCC/C=C\C/C=C\CCCCCCCCCCCCCCCC(=O)NC(CO)C(O)/C=C/CCCCCCCCCCCCCC. The van der Waals surface area contributed by atoms with Crippen molar-refractivity contribution in [2.24, 2.45) is 0 Å². The van der Waals surface area contributed by atoms with Crippen molar-refractivity contribution in [2.75, 3.05) is 13.2 Å². The van der Waals surface area contributed by atoms with Gasteiger partial charge in [0.1, 0.15) is 0 Å². The Morgan fingerprint density at radius 2 is 0.667 bits per heavy atom. The summed E-state index contributed by atoms with van der Waals surface area (Å²) < 4.78 is 5.48. The Hall–Kier alpha value is -2.44. The van der Waals surface area contributed by atoms with E-state index >= 15 is 0 Å². The van der Waals surface area contributed by atoms with Crippen LogP contribution in [0, 0.1) is 0 Å². The molecule has 0 aliphatic carbocycles. The number of aliphatic hydroxyl groups is 2. The summed E-state index contributed by atoms with van der Waals surface area (Å²) in [5.74, 6) is -0.0715. The molecule has 75 heavy (non-hydrogen) atoms. The smallest absolute Gasteiger partial charge is 0.305 e. The molecule has 2 atom stereocenters. The Kier molecular flexibility index (Phi) is 62.0. The van der Waals surface area contributed by atoms with E-state index in [1.807, 2.05) is 6.08 Å². The monoisotopic (exact) mass is 1050 g/mol. The van der Waals surface area contributed by atoms with Crippen LogP contribution in [0.4, 0.5) is 0 Å². The highest BCUT2D eigenvalue weighted by Crippen LogP contribution is 2.17. The average molecular weight is 1050 g/mol. The van der Waals surface area contributed by atoms with Crippen LogP contribution in [-0.4, -0.2) is 47.4 Å². The zero-order valence-electron chi connectivity index (χ0n) is 50.0. The van der Waals surface area contributed by atoms with Gasteiger partial charge in [-0.15, -0.1) is 0 Å². The second-order valence-corrected chi connectivity index (χ2v) is 22.4. The van der Waals surface area contributed by atoms with E-state index < -0.39 is 12.1 Å². The summed E-state index contributed by atoms with van der Waals surface area (Å²) in [6, 6.07) is -0.629. The van der Waals surface area contributed by atoms with Gasteiger partial charge >= 0.3 is 5.97 Å². The van der Waals surface area contributed by atoms with Crippen LogP contribution in [0.1, 0.15) is 341 Å². The summed E-state index contributed by atoms with van der Waals surface area (Å²) in [6.07, 6.45) is 84.2. The topological polar surface area (TPSA) is 95.9 Å². The van der Waals surface area contributed by atoms with Crippen LogP contribution in [-0.2, 0) is 14.3 Å². The van der Waals surface area contributed by atoms with Crippen LogP contribution >= 0.6 is 0 Å². The summed E-state index contributed by atoms with van der Waals surface area (Å²) in [5.41, 5.74) is 0. The highest BCUT2D eigenvalue weighted by atomic mass is 16.5. The molecule has 2 unspecified atom stereocenters. The first-order chi connectivity index (χ1) is 37.0. The predicted molar refractivity (Wildman–Crippen MR) is 328 cm³/mol. The van der Waals surface area contributed by atoms with Crippen molar-refractivity contribution >= 4 is 11.9 Å². The molecule has 0 aromatic heterocycles. The van der Waals surface area contributed by atoms with E-state index in [0.717, 1.165) is 57.8 Å². The first kappa shape index (κ1) is 72.6. The zero-order chi connectivity index (χ0) is 54.3. The first-order valence-corrected chi connectivity index (χ1v) is 33.1. The Labute approximate surface area is 467 Å². The molecule has 0 aromatic rings. The molecule has 0 radical (unpaired) electrons. The minimum Gasteiger partial charge on any atom is -0.466 e. The lowest BCUT2D eigenvalue weighted by atomic mass is 10.0. The van der Waals surface area contributed by atoms with Gasteiger partial charge in [-0.2, -0.15) is 0 Å². The molecule has 0 saturated carbocycles. The number of nitrogens with one attached hydrogen (secondary N) is 1. The molecule has 0 aromatic carbocycles. The molecule has 1 amide bonds. The van der Waals surface area contributed by atoms with Crippen LogP contribution < -0.4 is 5.32 Å². The molecule has 0 aliphatic heterocycles. The lowest BCUT2D eigenvalue weighted by Gasteiger charge is -2.20. The largest absolute Gasteiger partial charge is 0.466 e. The number of hydrogen-bond donors (Lipinski definition) is 3. The van der Waals surface area contributed by atoms with Gasteiger partial charge in [-0.05, 0) is 96.3 Å². The second-order valence-electron chi connectivity index (χ2n) is 22.4. The lowest BCUT2D eigenvalue weighted by molar-refractivity contribution is -0.143. The molecule has 0 bridgehead atoms. The number of allylic oxidation sites excluding steroid dienone is 9. The number of esters is 1. The van der Waals surface area contributed by atoms with Crippen molar-refractivity contribution < 1.29 is 24.5 Å². The van der Waals surface area contributed by atoms with Gasteiger partial charge < -0.3 is 20.3 Å². The fourth-order valence-electron chi connectivity index (χ4n) is 9.93. The molecule has 3 N–H and O–H groups in total.